The van der Waals surface area contributed by atoms with Crippen LogP contribution in [0, 0.1) is 11.8 Å². The first-order chi connectivity index (χ1) is 10.9. The molecule has 2 nitrogen and oxygen atoms in total. The summed E-state index contributed by atoms with van der Waals surface area (Å²) in [4.78, 5) is 1.95. The van der Waals surface area contributed by atoms with E-state index in [0.29, 0.717) is 0 Å². The van der Waals surface area contributed by atoms with Crippen molar-refractivity contribution in [2.45, 2.75) is 110 Å². The molecule has 0 amide bonds. The van der Waals surface area contributed by atoms with Gasteiger partial charge in [-0.3, -0.25) is 0 Å². The van der Waals surface area contributed by atoms with Gasteiger partial charge in [0.15, 0.2) is 0 Å². The summed E-state index contributed by atoms with van der Waals surface area (Å²) in [6.45, 7) is 12.3. The van der Waals surface area contributed by atoms with Gasteiger partial charge < -0.3 is 16.7 Å². The molecule has 0 saturated carbocycles. The zero-order chi connectivity index (χ0) is 16.5. The number of unbranched alkanes of at least 4 members (excludes halogenated alkanes) is 8. The van der Waals surface area contributed by atoms with Gasteiger partial charge in [0.2, 0.25) is 0 Å². The van der Waals surface area contributed by atoms with Crippen molar-refractivity contribution < 1.29 is 4.90 Å². The molecule has 2 atom stereocenters. The molecule has 0 aromatic carbocycles. The number of likely N-dealkylation sites (tertiary alicyclic amines) is 1. The van der Waals surface area contributed by atoms with Crippen LogP contribution >= 0.6 is 0 Å². The third-order valence-corrected chi connectivity index (χ3v) is 5.14. The number of nitrogens with zero attached hydrogens (tertiary/aromatic N) is 1. The molecule has 1 aliphatic rings. The summed E-state index contributed by atoms with van der Waals surface area (Å²) in [6.07, 6.45) is 20.5. The lowest BCUT2D eigenvalue weighted by Gasteiger charge is -2.32. The van der Waals surface area contributed by atoms with Crippen LogP contribution in [0.2, 0.25) is 0 Å². The second-order valence-electron chi connectivity index (χ2n) is 6.97. The number of hydrogen-bond donors (Lipinski definition) is 1. The van der Waals surface area contributed by atoms with Crippen molar-refractivity contribution in [1.29, 1.82) is 5.26 Å². The van der Waals surface area contributed by atoms with Crippen LogP contribution in [0.5, 0.6) is 0 Å². The lowest BCUT2D eigenvalue weighted by molar-refractivity contribution is -0.931. The van der Waals surface area contributed by atoms with Gasteiger partial charge in [-0.2, -0.15) is 0 Å². The normalized spacial score (nSPS) is 21.1. The molecule has 1 rings (SSSR count). The van der Waals surface area contributed by atoms with E-state index in [1.807, 2.05) is 4.90 Å². The summed E-state index contributed by atoms with van der Waals surface area (Å²) in [6, 6.07) is 1.01. The smallest absolute Gasteiger partial charge is 0.0874 e. The predicted octanol–water partition coefficient (Wildman–Crippen LogP) is 4.85. The van der Waals surface area contributed by atoms with Gasteiger partial charge in [-0.25, -0.2) is 0 Å². The summed E-state index contributed by atoms with van der Waals surface area (Å²) < 4.78 is 0. The Morgan fingerprint density at radius 1 is 0.818 bits per heavy atom. The Labute approximate surface area is 140 Å². The third kappa shape index (κ3) is 11.1. The van der Waals surface area contributed by atoms with Crippen LogP contribution in [0.25, 0.3) is 0 Å². The Kier molecular flexibility index (Phi) is 16.4. The van der Waals surface area contributed by atoms with Crippen molar-refractivity contribution in [2.75, 3.05) is 13.1 Å². The van der Waals surface area contributed by atoms with Crippen LogP contribution in [0.4, 0.5) is 0 Å². The van der Waals surface area contributed by atoms with E-state index in [9.17, 15) is 0 Å². The van der Waals surface area contributed by atoms with Crippen LogP contribution in [0.1, 0.15) is 104 Å². The highest BCUT2D eigenvalue weighted by atomic mass is 15.2. The fourth-order valence-corrected chi connectivity index (χ4v) is 3.77. The quantitative estimate of drug-likeness (QED) is 0.405. The van der Waals surface area contributed by atoms with Gasteiger partial charge >= 0.3 is 0 Å². The molecular formula is C20H40N2. The average Bonchev–Trinajstić information content (AvgIpc) is 2.58. The van der Waals surface area contributed by atoms with E-state index in [1.54, 1.807) is 0 Å². The van der Waals surface area contributed by atoms with E-state index in [2.05, 4.69) is 13.8 Å². The SMILES string of the molecule is CCCCCCCCCC[NH+]1CCCCC1CCCC.[C-]#N. The summed E-state index contributed by atoms with van der Waals surface area (Å²) >= 11 is 0. The monoisotopic (exact) mass is 308 g/mol. The molecule has 2 unspecified atom stereocenters. The zero-order valence-corrected chi connectivity index (χ0v) is 15.3. The molecule has 1 N–H and O–H groups in total. The first-order valence-electron chi connectivity index (χ1n) is 9.95. The Morgan fingerprint density at radius 2 is 1.41 bits per heavy atom. The molecule has 1 saturated heterocycles. The highest BCUT2D eigenvalue weighted by molar-refractivity contribution is 4.62. The second-order valence-corrected chi connectivity index (χ2v) is 6.97. The molecule has 0 aromatic rings. The first kappa shape index (κ1) is 21.4. The van der Waals surface area contributed by atoms with E-state index in [-0.39, 0.29) is 0 Å². The molecule has 0 aliphatic carbocycles. The summed E-state index contributed by atoms with van der Waals surface area (Å²) in [7, 11) is 0. The van der Waals surface area contributed by atoms with Crippen LogP contribution in [-0.2, 0) is 0 Å². The average molecular weight is 309 g/mol. The molecule has 0 radical (unpaired) electrons. The predicted molar refractivity (Wildman–Crippen MR) is 95.4 cm³/mol. The topological polar surface area (TPSA) is 28.2 Å². The maximum atomic E-state index is 6.25. The van der Waals surface area contributed by atoms with Crippen molar-refractivity contribution in [3.05, 3.63) is 6.57 Å². The standard InChI is InChI=1S/C19H39N.CN/c1-3-5-7-8-9-10-11-13-17-20-18-14-12-16-19(20)15-6-4-2;1-2/h19H,3-18H2,1-2H3;/q;-1/p+1. The zero-order valence-electron chi connectivity index (χ0n) is 15.3. The molecular weight excluding hydrogens is 268 g/mol. The van der Waals surface area contributed by atoms with Gasteiger partial charge in [0.1, 0.15) is 0 Å². The number of hydrogen-bond acceptors (Lipinski definition) is 1. The third-order valence-electron chi connectivity index (χ3n) is 5.14. The minimum Gasteiger partial charge on any atom is -0.512 e. The Balaban J connectivity index is 0.00000211. The van der Waals surface area contributed by atoms with Crippen LogP contribution < -0.4 is 4.90 Å². The number of piperidine rings is 1. The van der Waals surface area contributed by atoms with Gasteiger partial charge in [0, 0.05) is 0 Å². The van der Waals surface area contributed by atoms with Crippen LogP contribution in [0.15, 0.2) is 0 Å². The van der Waals surface area contributed by atoms with Gasteiger partial charge in [-0.05, 0) is 44.9 Å². The van der Waals surface area contributed by atoms with Gasteiger partial charge in [-0.15, -0.1) is 0 Å². The maximum Gasteiger partial charge on any atom is 0.0874 e. The molecule has 22 heavy (non-hydrogen) atoms. The lowest BCUT2D eigenvalue weighted by atomic mass is 9.97. The summed E-state index contributed by atoms with van der Waals surface area (Å²) in [5.74, 6) is 0. The number of rotatable bonds is 12. The fraction of sp³-hybridized carbons (Fsp3) is 0.950. The van der Waals surface area contributed by atoms with Crippen molar-refractivity contribution in [3.8, 4) is 0 Å². The minimum absolute atomic E-state index is 1.01. The van der Waals surface area contributed by atoms with Crippen molar-refractivity contribution in [2.24, 2.45) is 0 Å². The molecule has 0 spiro atoms. The van der Waals surface area contributed by atoms with E-state index in [1.165, 1.54) is 103 Å². The largest absolute Gasteiger partial charge is 0.512 e. The Hall–Kier alpha value is -0.550. The van der Waals surface area contributed by atoms with Gasteiger partial charge in [0.05, 0.1) is 19.1 Å². The number of nitrogens with one attached hydrogen (secondary N) is 1. The lowest BCUT2D eigenvalue weighted by Crippen LogP contribution is -3.16. The molecule has 1 fully saturated rings. The van der Waals surface area contributed by atoms with Crippen molar-refractivity contribution >= 4 is 0 Å². The summed E-state index contributed by atoms with van der Waals surface area (Å²) in [5.41, 5.74) is 0. The maximum absolute atomic E-state index is 6.25. The molecule has 130 valence electrons. The molecule has 1 aliphatic heterocycles. The fourth-order valence-electron chi connectivity index (χ4n) is 3.77. The van der Waals surface area contributed by atoms with Gasteiger partial charge in [0.25, 0.3) is 0 Å². The van der Waals surface area contributed by atoms with Crippen LogP contribution in [-0.4, -0.2) is 19.1 Å². The van der Waals surface area contributed by atoms with Crippen LogP contribution in [0.3, 0.4) is 0 Å². The summed E-state index contributed by atoms with van der Waals surface area (Å²) in [5, 5.41) is 6.25. The van der Waals surface area contributed by atoms with Crippen molar-refractivity contribution in [1.82, 2.24) is 0 Å². The Morgan fingerprint density at radius 3 is 2.05 bits per heavy atom. The highest BCUT2D eigenvalue weighted by Gasteiger charge is 2.24. The molecule has 0 aromatic heterocycles. The molecule has 1 heterocycles. The van der Waals surface area contributed by atoms with E-state index in [0.717, 1.165) is 6.04 Å². The van der Waals surface area contributed by atoms with E-state index in [4.69, 9.17) is 11.8 Å². The van der Waals surface area contributed by atoms with Gasteiger partial charge in [-0.1, -0.05) is 58.8 Å². The molecule has 2 heteroatoms. The first-order valence-corrected chi connectivity index (χ1v) is 9.95. The van der Waals surface area contributed by atoms with E-state index >= 15 is 0 Å². The highest BCUT2D eigenvalue weighted by Crippen LogP contribution is 2.11. The minimum atomic E-state index is 1.01. The van der Waals surface area contributed by atoms with Crippen molar-refractivity contribution in [3.63, 3.8) is 0 Å². The Bertz CT molecular complexity index is 237. The molecule has 0 bridgehead atoms. The second kappa shape index (κ2) is 16.8. The van der Waals surface area contributed by atoms with E-state index < -0.39 is 0 Å². The number of quaternary nitrogens is 1.